The molecule has 0 bridgehead atoms. The summed E-state index contributed by atoms with van der Waals surface area (Å²) in [6, 6.07) is 19.3. The standard InChI is InChI=1S/2C12H14O4/c2*13-11(14)12(15)6-10(7-12)16-8-9-4-2-1-3-5-9/h2*1-5,10,15H,6-8H2,(H,13,14). The van der Waals surface area contributed by atoms with Gasteiger partial charge in [-0.1, -0.05) is 60.7 Å². The molecule has 0 heterocycles. The lowest BCUT2D eigenvalue weighted by atomic mass is 9.77. The third kappa shape index (κ3) is 6.14. The highest BCUT2D eigenvalue weighted by Crippen LogP contribution is 2.36. The Morgan fingerprint density at radius 2 is 1.00 bits per heavy atom. The minimum atomic E-state index is -1.57. The van der Waals surface area contributed by atoms with Gasteiger partial charge < -0.3 is 29.9 Å². The van der Waals surface area contributed by atoms with E-state index in [9.17, 15) is 19.8 Å². The van der Waals surface area contributed by atoms with Crippen molar-refractivity contribution in [2.45, 2.75) is 62.3 Å². The molecule has 2 aromatic rings. The van der Waals surface area contributed by atoms with Crippen molar-refractivity contribution in [1.29, 1.82) is 0 Å². The van der Waals surface area contributed by atoms with Gasteiger partial charge in [0.05, 0.1) is 25.4 Å². The molecule has 8 nitrogen and oxygen atoms in total. The highest BCUT2D eigenvalue weighted by atomic mass is 16.5. The predicted molar refractivity (Wildman–Crippen MR) is 114 cm³/mol. The predicted octanol–water partition coefficient (Wildman–Crippen LogP) is 2.36. The molecule has 172 valence electrons. The number of rotatable bonds is 8. The summed E-state index contributed by atoms with van der Waals surface area (Å²) in [5, 5.41) is 36.3. The van der Waals surface area contributed by atoms with Gasteiger partial charge in [-0.3, -0.25) is 0 Å². The maximum atomic E-state index is 10.6. The third-order valence-electron chi connectivity index (χ3n) is 5.71. The van der Waals surface area contributed by atoms with Crippen LogP contribution in [0.5, 0.6) is 0 Å². The first-order valence-electron chi connectivity index (χ1n) is 10.4. The van der Waals surface area contributed by atoms with Gasteiger partial charge in [0.15, 0.2) is 11.2 Å². The molecular formula is C24H28O8. The molecule has 4 rings (SSSR count). The van der Waals surface area contributed by atoms with Gasteiger partial charge in [-0.2, -0.15) is 0 Å². The Hall–Kier alpha value is -2.78. The van der Waals surface area contributed by atoms with Crippen LogP contribution in [-0.4, -0.2) is 55.8 Å². The largest absolute Gasteiger partial charge is 0.479 e. The zero-order chi connectivity index (χ0) is 23.2. The summed E-state index contributed by atoms with van der Waals surface area (Å²) < 4.78 is 11.0. The molecule has 2 fully saturated rings. The van der Waals surface area contributed by atoms with Gasteiger partial charge in [-0.25, -0.2) is 9.59 Å². The Morgan fingerprint density at radius 1 is 0.688 bits per heavy atom. The molecule has 2 aliphatic rings. The molecule has 2 aromatic carbocycles. The molecule has 0 unspecified atom stereocenters. The molecule has 0 aliphatic heterocycles. The number of ether oxygens (including phenoxy) is 2. The van der Waals surface area contributed by atoms with Gasteiger partial charge in [0, 0.05) is 25.7 Å². The normalized spacial score (nSPS) is 28.4. The van der Waals surface area contributed by atoms with Crippen molar-refractivity contribution in [2.75, 3.05) is 0 Å². The van der Waals surface area contributed by atoms with Crippen LogP contribution < -0.4 is 0 Å². The lowest BCUT2D eigenvalue weighted by Gasteiger charge is -2.39. The highest BCUT2D eigenvalue weighted by Gasteiger charge is 2.50. The Balaban J connectivity index is 0.000000181. The fraction of sp³-hybridized carbons (Fsp3) is 0.417. The average Bonchev–Trinajstić information content (AvgIpc) is 2.74. The van der Waals surface area contributed by atoms with Crippen molar-refractivity contribution in [1.82, 2.24) is 0 Å². The van der Waals surface area contributed by atoms with E-state index in [0.717, 1.165) is 11.1 Å². The fourth-order valence-corrected chi connectivity index (χ4v) is 3.55. The number of carboxylic acids is 2. The van der Waals surface area contributed by atoms with Crippen LogP contribution in [-0.2, 0) is 32.3 Å². The first kappa shape index (κ1) is 23.9. The molecule has 2 saturated carbocycles. The molecular weight excluding hydrogens is 416 g/mol. The van der Waals surface area contributed by atoms with Crippen molar-refractivity contribution in [3.05, 3.63) is 71.8 Å². The Bertz CT molecular complexity index is 811. The molecule has 0 atom stereocenters. The second-order valence-corrected chi connectivity index (χ2v) is 8.33. The van der Waals surface area contributed by atoms with E-state index >= 15 is 0 Å². The zero-order valence-corrected chi connectivity index (χ0v) is 17.6. The van der Waals surface area contributed by atoms with Crippen LogP contribution in [0.15, 0.2) is 60.7 Å². The van der Waals surface area contributed by atoms with Gasteiger partial charge in [-0.15, -0.1) is 0 Å². The quantitative estimate of drug-likeness (QED) is 0.488. The molecule has 4 N–H and O–H groups in total. The minimum Gasteiger partial charge on any atom is -0.479 e. The van der Waals surface area contributed by atoms with E-state index in [2.05, 4.69) is 0 Å². The minimum absolute atomic E-state index is 0.152. The van der Waals surface area contributed by atoms with Crippen LogP contribution >= 0.6 is 0 Å². The van der Waals surface area contributed by atoms with Crippen LogP contribution in [0.3, 0.4) is 0 Å². The van der Waals surface area contributed by atoms with Crippen molar-refractivity contribution >= 4 is 11.9 Å². The van der Waals surface area contributed by atoms with E-state index in [-0.39, 0.29) is 37.9 Å². The Morgan fingerprint density at radius 3 is 1.28 bits per heavy atom. The van der Waals surface area contributed by atoms with Gasteiger partial charge >= 0.3 is 11.9 Å². The van der Waals surface area contributed by atoms with Crippen molar-refractivity contribution < 1.29 is 39.5 Å². The number of carboxylic acid groups (broad SMARTS) is 2. The van der Waals surface area contributed by atoms with Crippen molar-refractivity contribution in [3.8, 4) is 0 Å². The second-order valence-electron chi connectivity index (χ2n) is 8.33. The van der Waals surface area contributed by atoms with Crippen LogP contribution in [0.1, 0.15) is 36.8 Å². The number of hydrogen-bond acceptors (Lipinski definition) is 6. The molecule has 0 spiro atoms. The van der Waals surface area contributed by atoms with Gasteiger partial charge in [0.25, 0.3) is 0 Å². The molecule has 8 heteroatoms. The maximum absolute atomic E-state index is 10.6. The van der Waals surface area contributed by atoms with E-state index in [1.54, 1.807) is 0 Å². The topological polar surface area (TPSA) is 134 Å². The summed E-state index contributed by atoms with van der Waals surface area (Å²) in [7, 11) is 0. The molecule has 0 saturated heterocycles. The van der Waals surface area contributed by atoms with E-state index in [4.69, 9.17) is 19.7 Å². The van der Waals surface area contributed by atoms with Crippen LogP contribution in [0.25, 0.3) is 0 Å². The fourth-order valence-electron chi connectivity index (χ4n) is 3.55. The summed E-state index contributed by atoms with van der Waals surface area (Å²) in [4.78, 5) is 21.2. The molecule has 0 amide bonds. The number of benzene rings is 2. The monoisotopic (exact) mass is 444 g/mol. The molecule has 32 heavy (non-hydrogen) atoms. The molecule has 2 aliphatic carbocycles. The lowest BCUT2D eigenvalue weighted by molar-refractivity contribution is -0.189. The first-order valence-corrected chi connectivity index (χ1v) is 10.4. The lowest BCUT2D eigenvalue weighted by Crippen LogP contribution is -2.53. The number of hydrogen-bond donors (Lipinski definition) is 4. The second kappa shape index (κ2) is 10.2. The van der Waals surface area contributed by atoms with Crippen molar-refractivity contribution in [3.63, 3.8) is 0 Å². The van der Waals surface area contributed by atoms with E-state index in [1.165, 1.54) is 0 Å². The Kier molecular flexibility index (Phi) is 7.63. The van der Waals surface area contributed by atoms with Crippen LogP contribution in [0.2, 0.25) is 0 Å². The summed E-state index contributed by atoms with van der Waals surface area (Å²) >= 11 is 0. The number of aliphatic hydroxyl groups is 2. The van der Waals surface area contributed by atoms with Crippen LogP contribution in [0, 0.1) is 0 Å². The van der Waals surface area contributed by atoms with Gasteiger partial charge in [0.1, 0.15) is 0 Å². The number of carbonyl (C=O) groups is 2. The van der Waals surface area contributed by atoms with Crippen LogP contribution in [0.4, 0.5) is 0 Å². The van der Waals surface area contributed by atoms with E-state index in [0.29, 0.717) is 13.2 Å². The summed E-state index contributed by atoms with van der Waals surface area (Å²) in [5.74, 6) is -2.32. The smallest absolute Gasteiger partial charge is 0.335 e. The maximum Gasteiger partial charge on any atom is 0.335 e. The van der Waals surface area contributed by atoms with Gasteiger partial charge in [0.2, 0.25) is 0 Å². The van der Waals surface area contributed by atoms with E-state index < -0.39 is 23.1 Å². The van der Waals surface area contributed by atoms with Gasteiger partial charge in [-0.05, 0) is 11.1 Å². The highest BCUT2D eigenvalue weighted by molar-refractivity contribution is 5.79. The summed E-state index contributed by atoms with van der Waals surface area (Å²) in [5.41, 5.74) is -1.04. The molecule has 0 radical (unpaired) electrons. The first-order chi connectivity index (χ1) is 15.2. The Labute approximate surface area is 186 Å². The van der Waals surface area contributed by atoms with Crippen molar-refractivity contribution in [2.24, 2.45) is 0 Å². The molecule has 0 aromatic heterocycles. The summed E-state index contributed by atoms with van der Waals surface area (Å²) in [6.07, 6.45) is 0.400. The number of aliphatic carboxylic acids is 2. The van der Waals surface area contributed by atoms with E-state index in [1.807, 2.05) is 60.7 Å². The third-order valence-corrected chi connectivity index (χ3v) is 5.71. The summed E-state index contributed by atoms with van der Waals surface area (Å²) in [6.45, 7) is 0.919. The average molecular weight is 444 g/mol. The SMILES string of the molecule is O=C(O)C1(O)CC(OCc2ccccc2)C1.O=C(O)C1(O)CC(OCc2ccccc2)C1. The zero-order valence-electron chi connectivity index (χ0n) is 17.6.